The monoisotopic (exact) mass is 310 g/mol. The Morgan fingerprint density at radius 2 is 2.04 bits per heavy atom. The number of hydrogen-bond donors (Lipinski definition) is 1. The van der Waals surface area contributed by atoms with Crippen molar-refractivity contribution in [3.63, 3.8) is 0 Å². The summed E-state index contributed by atoms with van der Waals surface area (Å²) in [4.78, 5) is 0. The molecule has 2 aromatic rings. The van der Waals surface area contributed by atoms with Crippen LogP contribution in [0.2, 0.25) is 0 Å². The molecule has 1 atom stereocenters. The summed E-state index contributed by atoms with van der Waals surface area (Å²) >= 11 is 0. The van der Waals surface area contributed by atoms with Crippen molar-refractivity contribution in [1.82, 2.24) is 5.32 Å². The second-order valence-corrected chi connectivity index (χ2v) is 5.81. The molecule has 2 aromatic carbocycles. The van der Waals surface area contributed by atoms with Crippen molar-refractivity contribution in [2.24, 2.45) is 0 Å². The standard InChI is InChI=1S/C19H19FN2O/c1-22-10-2-9-19(16-4-6-17(20)7-5-16)18-8-3-14(12-21)11-15(18)13-23-19/h3-8,11,22H,2,9-10,13H2,1H3/t19-/m1/s1. The van der Waals surface area contributed by atoms with Gasteiger partial charge in [0.2, 0.25) is 0 Å². The average Bonchev–Trinajstić information content (AvgIpc) is 2.95. The van der Waals surface area contributed by atoms with Crippen LogP contribution in [0.15, 0.2) is 42.5 Å². The van der Waals surface area contributed by atoms with Crippen molar-refractivity contribution in [2.75, 3.05) is 13.6 Å². The van der Waals surface area contributed by atoms with Gasteiger partial charge in [-0.3, -0.25) is 0 Å². The molecule has 0 fully saturated rings. The minimum absolute atomic E-state index is 0.253. The molecule has 0 saturated heterocycles. The molecule has 1 N–H and O–H groups in total. The SMILES string of the molecule is CNCCC[C@]1(c2ccc(F)cc2)OCc2cc(C#N)ccc21. The molecule has 0 aliphatic carbocycles. The number of benzene rings is 2. The van der Waals surface area contributed by atoms with E-state index in [1.807, 2.05) is 25.2 Å². The van der Waals surface area contributed by atoms with Crippen LogP contribution in [-0.4, -0.2) is 13.6 Å². The molecule has 0 aromatic heterocycles. The van der Waals surface area contributed by atoms with Gasteiger partial charge in [0.1, 0.15) is 11.4 Å². The lowest BCUT2D eigenvalue weighted by Crippen LogP contribution is -2.28. The summed E-state index contributed by atoms with van der Waals surface area (Å²) in [6, 6.07) is 14.4. The Bertz CT molecular complexity index is 736. The lowest BCUT2D eigenvalue weighted by Gasteiger charge is -2.30. The van der Waals surface area contributed by atoms with Crippen LogP contribution in [0.5, 0.6) is 0 Å². The van der Waals surface area contributed by atoms with E-state index in [4.69, 9.17) is 10.00 Å². The van der Waals surface area contributed by atoms with E-state index < -0.39 is 5.60 Å². The summed E-state index contributed by atoms with van der Waals surface area (Å²) in [5.41, 5.74) is 3.15. The third-order valence-corrected chi connectivity index (χ3v) is 4.41. The first kappa shape index (κ1) is 15.7. The molecule has 118 valence electrons. The van der Waals surface area contributed by atoms with Crippen molar-refractivity contribution in [3.05, 3.63) is 70.5 Å². The smallest absolute Gasteiger partial charge is 0.123 e. The molecule has 4 heteroatoms. The van der Waals surface area contributed by atoms with Gasteiger partial charge < -0.3 is 10.1 Å². The van der Waals surface area contributed by atoms with Crippen LogP contribution in [0.4, 0.5) is 4.39 Å². The number of nitriles is 1. The van der Waals surface area contributed by atoms with Crippen molar-refractivity contribution >= 4 is 0 Å². The predicted molar refractivity (Wildman–Crippen MR) is 86.3 cm³/mol. The summed E-state index contributed by atoms with van der Waals surface area (Å²) in [5, 5.41) is 12.2. The van der Waals surface area contributed by atoms with E-state index >= 15 is 0 Å². The maximum absolute atomic E-state index is 13.3. The van der Waals surface area contributed by atoms with E-state index in [1.165, 1.54) is 12.1 Å². The highest BCUT2D eigenvalue weighted by molar-refractivity contribution is 5.47. The molecular formula is C19H19FN2O. The second kappa shape index (κ2) is 6.49. The van der Waals surface area contributed by atoms with Gasteiger partial charge in [-0.15, -0.1) is 0 Å². The Labute approximate surface area is 135 Å². The van der Waals surface area contributed by atoms with Crippen molar-refractivity contribution in [3.8, 4) is 6.07 Å². The Morgan fingerprint density at radius 3 is 2.74 bits per heavy atom. The molecule has 0 amide bonds. The van der Waals surface area contributed by atoms with Crippen LogP contribution in [0.3, 0.4) is 0 Å². The molecule has 3 rings (SSSR count). The van der Waals surface area contributed by atoms with E-state index in [0.29, 0.717) is 12.2 Å². The van der Waals surface area contributed by atoms with Crippen LogP contribution in [0.1, 0.15) is 35.1 Å². The normalized spacial score (nSPS) is 19.3. The number of nitrogens with one attached hydrogen (secondary N) is 1. The number of nitrogens with zero attached hydrogens (tertiary/aromatic N) is 1. The lowest BCUT2D eigenvalue weighted by atomic mass is 9.81. The first-order chi connectivity index (χ1) is 11.2. The fourth-order valence-electron chi connectivity index (χ4n) is 3.28. The highest BCUT2D eigenvalue weighted by Gasteiger charge is 2.41. The molecule has 0 bridgehead atoms. The van der Waals surface area contributed by atoms with Crippen LogP contribution >= 0.6 is 0 Å². The molecule has 1 aliphatic heterocycles. The van der Waals surface area contributed by atoms with E-state index in [9.17, 15) is 4.39 Å². The summed E-state index contributed by atoms with van der Waals surface area (Å²) < 4.78 is 19.5. The summed E-state index contributed by atoms with van der Waals surface area (Å²) in [5.74, 6) is -0.253. The molecule has 1 aliphatic rings. The third-order valence-electron chi connectivity index (χ3n) is 4.41. The number of ether oxygens (including phenoxy) is 1. The van der Waals surface area contributed by atoms with Crippen molar-refractivity contribution in [1.29, 1.82) is 5.26 Å². The van der Waals surface area contributed by atoms with Gasteiger partial charge in [-0.05, 0) is 67.4 Å². The molecule has 0 unspecified atom stereocenters. The summed E-state index contributed by atoms with van der Waals surface area (Å²) in [6.45, 7) is 1.36. The molecular weight excluding hydrogens is 291 g/mol. The minimum Gasteiger partial charge on any atom is -0.361 e. The van der Waals surface area contributed by atoms with Gasteiger partial charge in [0.25, 0.3) is 0 Å². The van der Waals surface area contributed by atoms with Crippen LogP contribution in [-0.2, 0) is 16.9 Å². The predicted octanol–water partition coefficient (Wildman–Crippen LogP) is 3.47. The molecule has 0 saturated carbocycles. The molecule has 0 spiro atoms. The third kappa shape index (κ3) is 2.86. The number of rotatable bonds is 5. The van der Waals surface area contributed by atoms with Gasteiger partial charge in [0.05, 0.1) is 18.2 Å². The molecule has 23 heavy (non-hydrogen) atoms. The van der Waals surface area contributed by atoms with Gasteiger partial charge in [0, 0.05) is 0 Å². The zero-order valence-corrected chi connectivity index (χ0v) is 13.1. The number of halogens is 1. The maximum Gasteiger partial charge on any atom is 0.123 e. The maximum atomic E-state index is 13.3. The first-order valence-electron chi connectivity index (χ1n) is 7.78. The topological polar surface area (TPSA) is 45.0 Å². The fraction of sp³-hybridized carbons (Fsp3) is 0.316. The van der Waals surface area contributed by atoms with E-state index in [-0.39, 0.29) is 5.82 Å². The highest BCUT2D eigenvalue weighted by Crippen LogP contribution is 2.45. The number of hydrogen-bond acceptors (Lipinski definition) is 3. The Balaban J connectivity index is 2.05. The minimum atomic E-state index is -0.562. The summed E-state index contributed by atoms with van der Waals surface area (Å²) in [6.07, 6.45) is 1.74. The zero-order chi connectivity index (χ0) is 16.3. The molecule has 3 nitrogen and oxygen atoms in total. The zero-order valence-electron chi connectivity index (χ0n) is 13.1. The van der Waals surface area contributed by atoms with Gasteiger partial charge in [-0.2, -0.15) is 5.26 Å². The molecule has 0 radical (unpaired) electrons. The van der Waals surface area contributed by atoms with Gasteiger partial charge in [-0.25, -0.2) is 4.39 Å². The quantitative estimate of drug-likeness (QED) is 0.860. The highest BCUT2D eigenvalue weighted by atomic mass is 19.1. The van der Waals surface area contributed by atoms with Gasteiger partial charge in [-0.1, -0.05) is 18.2 Å². The van der Waals surface area contributed by atoms with Crippen LogP contribution in [0.25, 0.3) is 0 Å². The van der Waals surface area contributed by atoms with Crippen LogP contribution in [0, 0.1) is 17.1 Å². The van der Waals surface area contributed by atoms with Crippen LogP contribution < -0.4 is 5.32 Å². The fourth-order valence-corrected chi connectivity index (χ4v) is 3.28. The van der Waals surface area contributed by atoms with Gasteiger partial charge >= 0.3 is 0 Å². The lowest BCUT2D eigenvalue weighted by molar-refractivity contribution is -0.0128. The van der Waals surface area contributed by atoms with Crippen molar-refractivity contribution in [2.45, 2.75) is 25.0 Å². The number of fused-ring (bicyclic) bond motifs is 1. The largest absolute Gasteiger partial charge is 0.361 e. The van der Waals surface area contributed by atoms with Gasteiger partial charge in [0.15, 0.2) is 0 Å². The van der Waals surface area contributed by atoms with E-state index in [0.717, 1.165) is 36.1 Å². The van der Waals surface area contributed by atoms with E-state index in [1.54, 1.807) is 12.1 Å². The Kier molecular flexibility index (Phi) is 4.42. The Hall–Kier alpha value is -2.22. The Morgan fingerprint density at radius 1 is 1.26 bits per heavy atom. The van der Waals surface area contributed by atoms with Crippen molar-refractivity contribution < 1.29 is 9.13 Å². The average molecular weight is 310 g/mol. The first-order valence-corrected chi connectivity index (χ1v) is 7.78. The summed E-state index contributed by atoms with van der Waals surface area (Å²) in [7, 11) is 1.92. The molecule has 1 heterocycles. The second-order valence-electron chi connectivity index (χ2n) is 5.81. The van der Waals surface area contributed by atoms with E-state index in [2.05, 4.69) is 11.4 Å².